The first-order chi connectivity index (χ1) is 11.9. The lowest BCUT2D eigenvalue weighted by molar-refractivity contribution is -0.274. The topological polar surface area (TPSA) is 59.4 Å². The number of nitrogens with zero attached hydrogens (tertiary/aromatic N) is 2. The number of aromatic nitrogens is 3. The average molecular weight is 345 g/mol. The van der Waals surface area contributed by atoms with Crippen molar-refractivity contribution in [3.05, 3.63) is 65.0 Å². The van der Waals surface area contributed by atoms with Crippen molar-refractivity contribution in [3.63, 3.8) is 0 Å². The maximum absolute atomic E-state index is 12.2. The van der Waals surface area contributed by atoms with Crippen LogP contribution in [0.5, 0.6) is 5.75 Å². The predicted molar refractivity (Wildman–Crippen MR) is 85.4 cm³/mol. The zero-order valence-corrected chi connectivity index (χ0v) is 12.5. The Labute approximate surface area is 138 Å². The summed E-state index contributed by atoms with van der Waals surface area (Å²) in [6, 6.07) is 14.1. The Balaban J connectivity index is 1.80. The van der Waals surface area contributed by atoms with Gasteiger partial charge in [0, 0.05) is 11.6 Å². The molecule has 4 aromatic rings. The molecule has 0 amide bonds. The van der Waals surface area contributed by atoms with Crippen LogP contribution in [-0.4, -0.2) is 21.0 Å². The predicted octanol–water partition coefficient (Wildman–Crippen LogP) is 3.74. The van der Waals surface area contributed by atoms with Crippen LogP contribution in [0.3, 0.4) is 0 Å². The summed E-state index contributed by atoms with van der Waals surface area (Å²) in [4.78, 5) is 14.8. The van der Waals surface area contributed by atoms with Gasteiger partial charge in [-0.25, -0.2) is 4.52 Å². The van der Waals surface area contributed by atoms with E-state index in [1.165, 1.54) is 24.3 Å². The number of ether oxygens (including phenoxy) is 1. The van der Waals surface area contributed by atoms with E-state index in [1.807, 2.05) is 0 Å². The highest BCUT2D eigenvalue weighted by molar-refractivity contribution is 5.81. The Morgan fingerprint density at radius 3 is 2.48 bits per heavy atom. The minimum absolute atomic E-state index is 0.233. The molecule has 0 saturated carbocycles. The highest BCUT2D eigenvalue weighted by atomic mass is 19.4. The summed E-state index contributed by atoms with van der Waals surface area (Å²) in [5.41, 5.74) is 2.02. The summed E-state index contributed by atoms with van der Waals surface area (Å²) in [5.74, 6) is -0.307. The molecule has 4 rings (SSSR count). The monoisotopic (exact) mass is 345 g/mol. The van der Waals surface area contributed by atoms with Gasteiger partial charge in [-0.3, -0.25) is 4.79 Å². The summed E-state index contributed by atoms with van der Waals surface area (Å²) in [5, 5.41) is 4.94. The van der Waals surface area contributed by atoms with Crippen molar-refractivity contribution < 1.29 is 17.9 Å². The van der Waals surface area contributed by atoms with E-state index in [-0.39, 0.29) is 11.3 Å². The number of para-hydroxylation sites is 1. The molecule has 0 saturated heterocycles. The molecule has 0 atom stereocenters. The van der Waals surface area contributed by atoms with Crippen LogP contribution in [0.15, 0.2) is 59.4 Å². The van der Waals surface area contributed by atoms with E-state index < -0.39 is 6.36 Å². The van der Waals surface area contributed by atoms with Crippen molar-refractivity contribution in [3.8, 4) is 17.0 Å². The van der Waals surface area contributed by atoms with Crippen LogP contribution in [0.4, 0.5) is 13.2 Å². The second-order valence-corrected chi connectivity index (χ2v) is 5.37. The van der Waals surface area contributed by atoms with Crippen LogP contribution in [0.1, 0.15) is 0 Å². The molecule has 0 unspecified atom stereocenters. The average Bonchev–Trinajstić information content (AvgIpc) is 2.98. The number of H-pyrrole nitrogens is 1. The van der Waals surface area contributed by atoms with E-state index >= 15 is 0 Å². The number of halogens is 3. The first-order valence-electron chi connectivity index (χ1n) is 7.28. The van der Waals surface area contributed by atoms with Crippen molar-refractivity contribution in [2.45, 2.75) is 6.36 Å². The van der Waals surface area contributed by atoms with Crippen LogP contribution in [0, 0.1) is 0 Å². The Hall–Kier alpha value is -3.29. The second kappa shape index (κ2) is 5.37. The molecule has 0 aliphatic heterocycles. The number of hydrogen-bond donors (Lipinski definition) is 1. The summed E-state index contributed by atoms with van der Waals surface area (Å²) in [6.07, 6.45) is -4.73. The third-order valence-corrected chi connectivity index (χ3v) is 3.71. The first-order valence-corrected chi connectivity index (χ1v) is 7.28. The molecule has 25 heavy (non-hydrogen) atoms. The summed E-state index contributed by atoms with van der Waals surface area (Å²) < 4.78 is 42.1. The van der Waals surface area contributed by atoms with Gasteiger partial charge in [0.15, 0.2) is 0 Å². The van der Waals surface area contributed by atoms with Gasteiger partial charge in [-0.2, -0.15) is 5.10 Å². The fourth-order valence-electron chi connectivity index (χ4n) is 2.66. The molecule has 0 spiro atoms. The minimum Gasteiger partial charge on any atom is -0.406 e. The van der Waals surface area contributed by atoms with Gasteiger partial charge in [0.05, 0.1) is 16.6 Å². The van der Waals surface area contributed by atoms with E-state index in [1.54, 1.807) is 34.8 Å². The van der Waals surface area contributed by atoms with Crippen molar-refractivity contribution >= 4 is 16.6 Å². The molecule has 2 aromatic carbocycles. The number of alkyl halides is 3. The molecule has 5 nitrogen and oxygen atoms in total. The lowest BCUT2D eigenvalue weighted by Gasteiger charge is -2.08. The van der Waals surface area contributed by atoms with Gasteiger partial charge in [-0.15, -0.1) is 13.2 Å². The quantitative estimate of drug-likeness (QED) is 0.602. The molecule has 0 radical (unpaired) electrons. The number of fused-ring (bicyclic) bond motifs is 3. The van der Waals surface area contributed by atoms with Crippen LogP contribution in [0.2, 0.25) is 0 Å². The number of benzene rings is 2. The Morgan fingerprint density at radius 1 is 1.04 bits per heavy atom. The molecule has 8 heteroatoms. The fourth-order valence-corrected chi connectivity index (χ4v) is 2.66. The molecular formula is C17H10F3N3O2. The lowest BCUT2D eigenvalue weighted by atomic mass is 10.1. The Morgan fingerprint density at radius 2 is 1.76 bits per heavy atom. The zero-order valence-electron chi connectivity index (χ0n) is 12.5. The lowest BCUT2D eigenvalue weighted by Crippen LogP contribution is -2.16. The molecule has 0 bridgehead atoms. The van der Waals surface area contributed by atoms with Crippen molar-refractivity contribution in [1.82, 2.24) is 14.6 Å². The smallest absolute Gasteiger partial charge is 0.406 e. The van der Waals surface area contributed by atoms with Gasteiger partial charge < -0.3 is 9.72 Å². The molecule has 0 aliphatic carbocycles. The fraction of sp³-hybridized carbons (Fsp3) is 0.0588. The second-order valence-electron chi connectivity index (χ2n) is 5.37. The highest BCUT2D eigenvalue weighted by Crippen LogP contribution is 2.26. The summed E-state index contributed by atoms with van der Waals surface area (Å²) >= 11 is 0. The van der Waals surface area contributed by atoms with Gasteiger partial charge in [0.1, 0.15) is 11.4 Å². The number of nitrogens with one attached hydrogen (secondary N) is 1. The van der Waals surface area contributed by atoms with E-state index in [4.69, 9.17) is 0 Å². The zero-order chi connectivity index (χ0) is 17.6. The third kappa shape index (κ3) is 2.82. The summed E-state index contributed by atoms with van der Waals surface area (Å²) in [6.45, 7) is 0. The Bertz CT molecular complexity index is 1130. The van der Waals surface area contributed by atoms with E-state index in [0.717, 1.165) is 0 Å². The highest BCUT2D eigenvalue weighted by Gasteiger charge is 2.31. The van der Waals surface area contributed by atoms with Crippen LogP contribution >= 0.6 is 0 Å². The molecule has 0 fully saturated rings. The number of aromatic amines is 1. The van der Waals surface area contributed by atoms with Crippen molar-refractivity contribution in [2.24, 2.45) is 0 Å². The van der Waals surface area contributed by atoms with Crippen LogP contribution in [-0.2, 0) is 0 Å². The standard InChI is InChI=1S/C17H10F3N3O2/c18-17(19,20)25-11-7-5-10(6-8-11)13-9-15-21-16(24)12-3-1-2-4-14(12)23(15)22-13/h1-9H,(H,21,24). The van der Waals surface area contributed by atoms with Gasteiger partial charge in [0.25, 0.3) is 5.56 Å². The molecule has 2 heterocycles. The maximum atomic E-state index is 12.2. The molecule has 2 aromatic heterocycles. The SMILES string of the molecule is O=c1[nH]c2cc(-c3ccc(OC(F)(F)F)cc3)nn2c2ccccc12. The van der Waals surface area contributed by atoms with E-state index in [9.17, 15) is 18.0 Å². The molecule has 0 aliphatic rings. The van der Waals surface area contributed by atoms with E-state index in [0.29, 0.717) is 27.8 Å². The van der Waals surface area contributed by atoms with E-state index in [2.05, 4.69) is 14.8 Å². The summed E-state index contributed by atoms with van der Waals surface area (Å²) in [7, 11) is 0. The maximum Gasteiger partial charge on any atom is 0.573 e. The van der Waals surface area contributed by atoms with Crippen LogP contribution < -0.4 is 10.3 Å². The largest absolute Gasteiger partial charge is 0.573 e. The van der Waals surface area contributed by atoms with Crippen LogP contribution in [0.25, 0.3) is 27.8 Å². The number of hydrogen-bond acceptors (Lipinski definition) is 3. The Kier molecular flexibility index (Phi) is 3.28. The molecular weight excluding hydrogens is 335 g/mol. The van der Waals surface area contributed by atoms with Gasteiger partial charge in [-0.1, -0.05) is 12.1 Å². The van der Waals surface area contributed by atoms with Gasteiger partial charge in [0.2, 0.25) is 0 Å². The minimum atomic E-state index is -4.73. The molecule has 1 N–H and O–H groups in total. The first kappa shape index (κ1) is 15.3. The molecule has 126 valence electrons. The van der Waals surface area contributed by atoms with Crippen molar-refractivity contribution in [1.29, 1.82) is 0 Å². The van der Waals surface area contributed by atoms with Gasteiger partial charge >= 0.3 is 6.36 Å². The normalized spacial score (nSPS) is 12.0. The van der Waals surface area contributed by atoms with Crippen molar-refractivity contribution in [2.75, 3.05) is 0 Å². The third-order valence-electron chi connectivity index (χ3n) is 3.71. The number of rotatable bonds is 2. The van der Waals surface area contributed by atoms with Gasteiger partial charge in [-0.05, 0) is 36.4 Å².